The van der Waals surface area contributed by atoms with Gasteiger partial charge in [-0.2, -0.15) is 0 Å². The van der Waals surface area contributed by atoms with Gasteiger partial charge in [-0.25, -0.2) is 4.98 Å². The van der Waals surface area contributed by atoms with Crippen molar-refractivity contribution in [3.63, 3.8) is 0 Å². The molecule has 0 aliphatic heterocycles. The minimum absolute atomic E-state index is 0.210. The first-order valence-corrected chi connectivity index (χ1v) is 6.40. The number of aromatic nitrogens is 2. The Kier molecular flexibility index (Phi) is 4.23. The number of imidazole rings is 1. The van der Waals surface area contributed by atoms with Crippen molar-refractivity contribution in [3.8, 4) is 0 Å². The number of carbonyl (C=O) groups is 2. The lowest BCUT2D eigenvalue weighted by Crippen LogP contribution is -2.36. The zero-order valence-corrected chi connectivity index (χ0v) is 9.82. The highest BCUT2D eigenvalue weighted by atomic mass is 31.2. The summed E-state index contributed by atoms with van der Waals surface area (Å²) in [6.07, 6.45) is 2.19. The highest BCUT2D eigenvalue weighted by Gasteiger charge is 2.46. The molecular formula is C8H11N2O7P. The zero-order chi connectivity index (χ0) is 13.9. The predicted octanol–water partition coefficient (Wildman–Crippen LogP) is -0.716. The van der Waals surface area contributed by atoms with E-state index in [0.717, 1.165) is 0 Å². The molecule has 100 valence electrons. The first kappa shape index (κ1) is 14.4. The first-order valence-electron chi connectivity index (χ1n) is 4.72. The molecule has 0 spiro atoms. The molecule has 0 bridgehead atoms. The van der Waals surface area contributed by atoms with E-state index >= 15 is 0 Å². The quantitative estimate of drug-likeness (QED) is 0.426. The van der Waals surface area contributed by atoms with E-state index in [4.69, 9.17) is 20.0 Å². The normalized spacial score (nSPS) is 15.0. The van der Waals surface area contributed by atoms with Gasteiger partial charge in [0.15, 0.2) is 5.66 Å². The maximum atomic E-state index is 11.1. The molecule has 0 saturated heterocycles. The summed E-state index contributed by atoms with van der Waals surface area (Å²) in [4.78, 5) is 45.9. The number of aromatic amines is 1. The van der Waals surface area contributed by atoms with Crippen LogP contribution in [0.25, 0.3) is 0 Å². The molecule has 0 aliphatic rings. The molecule has 10 heteroatoms. The summed E-state index contributed by atoms with van der Waals surface area (Å²) >= 11 is 0. The largest absolute Gasteiger partial charge is 0.481 e. The Labute approximate surface area is 101 Å². The number of nitrogens with zero attached hydrogens (tertiary/aromatic N) is 1. The fourth-order valence-electron chi connectivity index (χ4n) is 1.51. The Bertz CT molecular complexity index is 480. The Balaban J connectivity index is 3.06. The number of hydrogen-bond acceptors (Lipinski definition) is 4. The molecule has 1 aromatic heterocycles. The minimum atomic E-state index is -5.08. The van der Waals surface area contributed by atoms with Crippen molar-refractivity contribution >= 4 is 19.5 Å². The van der Waals surface area contributed by atoms with Crippen LogP contribution in [0.2, 0.25) is 0 Å². The van der Waals surface area contributed by atoms with Crippen LogP contribution in [0.4, 0.5) is 0 Å². The Morgan fingerprint density at radius 2 is 1.94 bits per heavy atom. The first-order chi connectivity index (χ1) is 8.23. The van der Waals surface area contributed by atoms with Crippen LogP contribution in [0.1, 0.15) is 5.69 Å². The van der Waals surface area contributed by atoms with Crippen molar-refractivity contribution in [2.24, 2.45) is 5.92 Å². The molecule has 18 heavy (non-hydrogen) atoms. The summed E-state index contributed by atoms with van der Waals surface area (Å²) in [7, 11) is -5.08. The summed E-state index contributed by atoms with van der Waals surface area (Å²) in [6, 6.07) is 0. The molecule has 5 N–H and O–H groups in total. The molecular weight excluding hydrogens is 267 g/mol. The van der Waals surface area contributed by atoms with Crippen molar-refractivity contribution in [3.05, 3.63) is 18.2 Å². The lowest BCUT2D eigenvalue weighted by atomic mass is 9.99. The standard InChI is InChI=1S/C8H11N2O7P/c11-7(12)5(1-4-2-9-3-10-4)6(8(13)14)18(15,16)17/h2-3,5-6H,1H2,(H,9,10)(H,11,12)(H,13,14)(H2,15,16,17). The summed E-state index contributed by atoms with van der Waals surface area (Å²) in [5.41, 5.74) is -2.09. The third-order valence-corrected chi connectivity index (χ3v) is 3.60. The van der Waals surface area contributed by atoms with Crippen LogP contribution < -0.4 is 0 Å². The molecule has 2 unspecified atom stereocenters. The summed E-state index contributed by atoms with van der Waals surface area (Å²) < 4.78 is 11.1. The van der Waals surface area contributed by atoms with Crippen LogP contribution >= 0.6 is 7.60 Å². The Morgan fingerprint density at radius 1 is 1.33 bits per heavy atom. The lowest BCUT2D eigenvalue weighted by molar-refractivity contribution is -0.148. The zero-order valence-electron chi connectivity index (χ0n) is 8.92. The van der Waals surface area contributed by atoms with Crippen LogP contribution in [0.15, 0.2) is 12.5 Å². The monoisotopic (exact) mass is 278 g/mol. The van der Waals surface area contributed by atoms with E-state index in [2.05, 4.69) is 9.97 Å². The van der Waals surface area contributed by atoms with Crippen molar-refractivity contribution in [2.75, 3.05) is 0 Å². The molecule has 0 aromatic carbocycles. The molecule has 1 aromatic rings. The van der Waals surface area contributed by atoms with Crippen LogP contribution in [0.5, 0.6) is 0 Å². The van der Waals surface area contributed by atoms with Gasteiger partial charge in [0.2, 0.25) is 0 Å². The highest BCUT2D eigenvalue weighted by molar-refractivity contribution is 7.53. The summed E-state index contributed by atoms with van der Waals surface area (Å²) in [5.74, 6) is -5.22. The van der Waals surface area contributed by atoms with Crippen molar-refractivity contribution in [1.82, 2.24) is 9.97 Å². The van der Waals surface area contributed by atoms with Crippen LogP contribution in [-0.2, 0) is 20.6 Å². The summed E-state index contributed by atoms with van der Waals surface area (Å²) in [6.45, 7) is 0. The van der Waals surface area contributed by atoms with Gasteiger partial charge in [0.05, 0.1) is 17.9 Å². The van der Waals surface area contributed by atoms with Gasteiger partial charge in [-0.3, -0.25) is 14.2 Å². The molecule has 0 radical (unpaired) electrons. The van der Waals surface area contributed by atoms with Gasteiger partial charge in [0.1, 0.15) is 0 Å². The third-order valence-electron chi connectivity index (χ3n) is 2.30. The van der Waals surface area contributed by atoms with Crippen LogP contribution in [-0.4, -0.2) is 47.6 Å². The fourth-order valence-corrected chi connectivity index (χ4v) is 2.50. The highest BCUT2D eigenvalue weighted by Crippen LogP contribution is 2.45. The Hall–Kier alpha value is -1.70. The average Bonchev–Trinajstić information content (AvgIpc) is 2.66. The Morgan fingerprint density at radius 3 is 2.28 bits per heavy atom. The second kappa shape index (κ2) is 5.30. The SMILES string of the molecule is O=C(O)C(Cc1c[nH]cn1)C(C(=O)O)P(=O)(O)O. The second-order valence-corrected chi connectivity index (χ2v) is 5.32. The lowest BCUT2D eigenvalue weighted by Gasteiger charge is -2.20. The summed E-state index contributed by atoms with van der Waals surface area (Å²) in [5, 5.41) is 17.7. The van der Waals surface area contributed by atoms with Gasteiger partial charge >= 0.3 is 19.5 Å². The van der Waals surface area contributed by atoms with Gasteiger partial charge < -0.3 is 25.0 Å². The number of hydrogen-bond donors (Lipinski definition) is 5. The molecule has 0 fully saturated rings. The van der Waals surface area contributed by atoms with Crippen LogP contribution in [0, 0.1) is 5.92 Å². The van der Waals surface area contributed by atoms with E-state index in [-0.39, 0.29) is 12.1 Å². The molecule has 0 amide bonds. The van der Waals surface area contributed by atoms with Gasteiger partial charge in [0.25, 0.3) is 0 Å². The second-order valence-electron chi connectivity index (χ2n) is 3.58. The van der Waals surface area contributed by atoms with Crippen molar-refractivity contribution in [2.45, 2.75) is 12.1 Å². The number of H-pyrrole nitrogens is 1. The molecule has 0 aliphatic carbocycles. The fraction of sp³-hybridized carbons (Fsp3) is 0.375. The minimum Gasteiger partial charge on any atom is -0.481 e. The number of rotatable bonds is 6. The molecule has 1 heterocycles. The maximum Gasteiger partial charge on any atom is 0.340 e. The number of carboxylic acid groups (broad SMARTS) is 2. The van der Waals surface area contributed by atoms with Crippen molar-refractivity contribution in [1.29, 1.82) is 0 Å². The number of carboxylic acids is 2. The van der Waals surface area contributed by atoms with Gasteiger partial charge in [-0.15, -0.1) is 0 Å². The molecule has 2 atom stereocenters. The van der Waals surface area contributed by atoms with Crippen LogP contribution in [0.3, 0.4) is 0 Å². The van der Waals surface area contributed by atoms with Crippen molar-refractivity contribution < 1.29 is 34.2 Å². The van der Waals surface area contributed by atoms with E-state index in [1.54, 1.807) is 0 Å². The predicted molar refractivity (Wildman–Crippen MR) is 56.9 cm³/mol. The van der Waals surface area contributed by atoms with Gasteiger partial charge in [-0.05, 0) is 0 Å². The van der Waals surface area contributed by atoms with Gasteiger partial charge in [-0.1, -0.05) is 0 Å². The third kappa shape index (κ3) is 3.39. The smallest absolute Gasteiger partial charge is 0.340 e. The maximum absolute atomic E-state index is 11.1. The van der Waals surface area contributed by atoms with E-state index < -0.39 is 31.1 Å². The average molecular weight is 278 g/mol. The molecule has 1 rings (SSSR count). The van der Waals surface area contributed by atoms with E-state index in [1.165, 1.54) is 12.5 Å². The number of nitrogens with one attached hydrogen (secondary N) is 1. The van der Waals surface area contributed by atoms with E-state index in [0.29, 0.717) is 0 Å². The van der Waals surface area contributed by atoms with E-state index in [9.17, 15) is 14.2 Å². The molecule has 0 saturated carbocycles. The van der Waals surface area contributed by atoms with E-state index in [1.807, 2.05) is 0 Å². The number of aliphatic carboxylic acids is 2. The molecule has 9 nitrogen and oxygen atoms in total. The topological polar surface area (TPSA) is 161 Å². The van der Waals surface area contributed by atoms with Gasteiger partial charge in [0, 0.05) is 12.6 Å².